The van der Waals surface area contributed by atoms with Crippen molar-refractivity contribution in [1.82, 2.24) is 4.98 Å². The molecule has 0 saturated heterocycles. The van der Waals surface area contributed by atoms with Gasteiger partial charge >= 0.3 is 5.97 Å². The molecule has 1 aromatic heterocycles. The molecule has 21 heavy (non-hydrogen) atoms. The van der Waals surface area contributed by atoms with Gasteiger partial charge in [-0.15, -0.1) is 0 Å². The van der Waals surface area contributed by atoms with E-state index in [0.29, 0.717) is 22.3 Å². The number of carbonyl (C=O) groups is 1. The Morgan fingerprint density at radius 3 is 2.62 bits per heavy atom. The summed E-state index contributed by atoms with van der Waals surface area (Å²) in [6, 6.07) is 13.6. The first-order valence-corrected chi connectivity index (χ1v) is 6.33. The number of ether oxygens (including phenoxy) is 1. The molecule has 0 N–H and O–H groups in total. The van der Waals surface area contributed by atoms with Crippen LogP contribution in [0.25, 0.3) is 22.4 Å². The second-order valence-corrected chi connectivity index (χ2v) is 4.41. The van der Waals surface area contributed by atoms with E-state index in [9.17, 15) is 9.59 Å². The maximum atomic E-state index is 12.0. The predicted molar refractivity (Wildman–Crippen MR) is 77.0 cm³/mol. The van der Waals surface area contributed by atoms with Crippen molar-refractivity contribution in [2.45, 2.75) is 6.92 Å². The highest BCUT2D eigenvalue weighted by molar-refractivity contribution is 5.78. The van der Waals surface area contributed by atoms with E-state index < -0.39 is 5.97 Å². The van der Waals surface area contributed by atoms with Crippen molar-refractivity contribution in [1.29, 1.82) is 0 Å². The van der Waals surface area contributed by atoms with E-state index >= 15 is 0 Å². The Kier molecular flexibility index (Phi) is 3.23. The number of hydrogen-bond acceptors (Lipinski definition) is 5. The fourth-order valence-electron chi connectivity index (χ4n) is 2.01. The highest BCUT2D eigenvalue weighted by Crippen LogP contribution is 2.29. The number of nitrogens with zero attached hydrogens (tertiary/aromatic N) is 1. The molecule has 0 aliphatic heterocycles. The van der Waals surface area contributed by atoms with Crippen LogP contribution in [0.5, 0.6) is 5.75 Å². The summed E-state index contributed by atoms with van der Waals surface area (Å²) in [5.41, 5.74) is 0.505. The van der Waals surface area contributed by atoms with Crippen molar-refractivity contribution in [3.63, 3.8) is 0 Å². The van der Waals surface area contributed by atoms with Crippen molar-refractivity contribution in [2.75, 3.05) is 0 Å². The SMILES string of the molecule is CC(=O)Oc1ccccc1-c1nc(=O)c2ccccc2o1. The fraction of sp³-hybridized carbons (Fsp3) is 0.0625. The zero-order valence-corrected chi connectivity index (χ0v) is 11.2. The zero-order chi connectivity index (χ0) is 14.8. The number of para-hydroxylation sites is 2. The zero-order valence-electron chi connectivity index (χ0n) is 11.2. The Morgan fingerprint density at radius 1 is 1.10 bits per heavy atom. The van der Waals surface area contributed by atoms with Gasteiger partial charge in [0, 0.05) is 6.92 Å². The number of aromatic nitrogens is 1. The number of fused-ring (bicyclic) bond motifs is 1. The third-order valence-corrected chi connectivity index (χ3v) is 2.90. The van der Waals surface area contributed by atoms with E-state index in [0.717, 1.165) is 0 Å². The molecule has 5 nitrogen and oxygen atoms in total. The van der Waals surface area contributed by atoms with Crippen LogP contribution in [-0.2, 0) is 4.79 Å². The van der Waals surface area contributed by atoms with Gasteiger partial charge in [-0.2, -0.15) is 4.98 Å². The third-order valence-electron chi connectivity index (χ3n) is 2.90. The topological polar surface area (TPSA) is 69.4 Å². The molecular formula is C16H11NO4. The van der Waals surface area contributed by atoms with Crippen LogP contribution in [0.15, 0.2) is 57.7 Å². The van der Waals surface area contributed by atoms with Crippen molar-refractivity contribution >= 4 is 16.9 Å². The Hall–Kier alpha value is -2.95. The Bertz CT molecular complexity index is 883. The van der Waals surface area contributed by atoms with E-state index in [1.165, 1.54) is 6.92 Å². The second-order valence-electron chi connectivity index (χ2n) is 4.41. The van der Waals surface area contributed by atoms with Gasteiger partial charge in [-0.1, -0.05) is 24.3 Å². The van der Waals surface area contributed by atoms with Crippen molar-refractivity contribution in [2.24, 2.45) is 0 Å². The molecule has 0 fully saturated rings. The van der Waals surface area contributed by atoms with Gasteiger partial charge in [0.05, 0.1) is 10.9 Å². The molecule has 0 unspecified atom stereocenters. The van der Waals surface area contributed by atoms with E-state index in [1.807, 2.05) is 0 Å². The fourth-order valence-corrected chi connectivity index (χ4v) is 2.01. The first-order valence-electron chi connectivity index (χ1n) is 6.33. The molecular weight excluding hydrogens is 270 g/mol. The minimum absolute atomic E-state index is 0.121. The van der Waals surface area contributed by atoms with E-state index in [2.05, 4.69) is 4.98 Å². The van der Waals surface area contributed by atoms with Gasteiger partial charge < -0.3 is 9.15 Å². The summed E-state index contributed by atoms with van der Waals surface area (Å²) in [5, 5.41) is 0.409. The van der Waals surface area contributed by atoms with Gasteiger partial charge in [0.15, 0.2) is 0 Å². The molecule has 0 spiro atoms. The summed E-state index contributed by atoms with van der Waals surface area (Å²) in [5.74, 6) is -0.0305. The molecule has 0 amide bonds. The van der Waals surface area contributed by atoms with Crippen molar-refractivity contribution in [3.05, 3.63) is 58.9 Å². The van der Waals surface area contributed by atoms with Crippen LogP contribution in [0.1, 0.15) is 6.92 Å². The standard InChI is InChI=1S/C16H11NO4/c1-10(18)20-14-9-5-3-7-12(14)16-17-15(19)11-6-2-4-8-13(11)21-16/h2-9H,1H3. The molecule has 2 aromatic carbocycles. The smallest absolute Gasteiger partial charge is 0.308 e. The molecule has 0 radical (unpaired) electrons. The predicted octanol–water partition coefficient (Wildman–Crippen LogP) is 2.78. The van der Waals surface area contributed by atoms with Crippen LogP contribution in [-0.4, -0.2) is 11.0 Å². The van der Waals surface area contributed by atoms with E-state index in [1.54, 1.807) is 48.5 Å². The van der Waals surface area contributed by atoms with Crippen LogP contribution < -0.4 is 10.3 Å². The highest BCUT2D eigenvalue weighted by Gasteiger charge is 2.13. The lowest BCUT2D eigenvalue weighted by Gasteiger charge is -2.07. The average molecular weight is 281 g/mol. The molecule has 3 aromatic rings. The van der Waals surface area contributed by atoms with Crippen LogP contribution in [0.4, 0.5) is 0 Å². The van der Waals surface area contributed by atoms with Gasteiger partial charge in [0.2, 0.25) is 5.89 Å². The van der Waals surface area contributed by atoms with Gasteiger partial charge in [-0.05, 0) is 24.3 Å². The molecule has 0 bridgehead atoms. The van der Waals surface area contributed by atoms with Crippen LogP contribution >= 0.6 is 0 Å². The van der Waals surface area contributed by atoms with Crippen LogP contribution in [0.3, 0.4) is 0 Å². The van der Waals surface area contributed by atoms with Crippen LogP contribution in [0, 0.1) is 0 Å². The molecule has 3 rings (SSSR count). The molecule has 0 atom stereocenters. The first kappa shape index (κ1) is 13.1. The Morgan fingerprint density at radius 2 is 1.81 bits per heavy atom. The number of carbonyl (C=O) groups excluding carboxylic acids is 1. The number of esters is 1. The monoisotopic (exact) mass is 281 g/mol. The molecule has 0 saturated carbocycles. The van der Waals surface area contributed by atoms with Crippen molar-refractivity contribution in [3.8, 4) is 17.2 Å². The number of rotatable bonds is 2. The lowest BCUT2D eigenvalue weighted by atomic mass is 10.2. The summed E-state index contributed by atoms with van der Waals surface area (Å²) in [6.45, 7) is 1.31. The maximum absolute atomic E-state index is 12.0. The first-order chi connectivity index (χ1) is 10.1. The van der Waals surface area contributed by atoms with Gasteiger partial charge in [-0.25, -0.2) is 0 Å². The molecule has 0 aliphatic carbocycles. The van der Waals surface area contributed by atoms with Crippen LogP contribution in [0.2, 0.25) is 0 Å². The molecule has 1 heterocycles. The molecule has 0 aliphatic rings. The summed E-state index contributed by atoms with van der Waals surface area (Å²) in [6.07, 6.45) is 0. The summed E-state index contributed by atoms with van der Waals surface area (Å²) < 4.78 is 10.8. The van der Waals surface area contributed by atoms with E-state index in [-0.39, 0.29) is 11.4 Å². The van der Waals surface area contributed by atoms with Crippen molar-refractivity contribution < 1.29 is 13.9 Å². The van der Waals surface area contributed by atoms with Gasteiger partial charge in [0.25, 0.3) is 5.56 Å². The van der Waals surface area contributed by atoms with Gasteiger partial charge in [0.1, 0.15) is 11.3 Å². The number of hydrogen-bond donors (Lipinski definition) is 0. The largest absolute Gasteiger partial charge is 0.437 e. The average Bonchev–Trinajstić information content (AvgIpc) is 2.47. The number of benzene rings is 2. The summed E-state index contributed by atoms with van der Waals surface area (Å²) in [4.78, 5) is 27.1. The highest BCUT2D eigenvalue weighted by atomic mass is 16.5. The quantitative estimate of drug-likeness (QED) is 0.533. The van der Waals surface area contributed by atoms with E-state index in [4.69, 9.17) is 9.15 Å². The van der Waals surface area contributed by atoms with Gasteiger partial charge in [-0.3, -0.25) is 9.59 Å². The third kappa shape index (κ3) is 2.53. The Balaban J connectivity index is 2.21. The second kappa shape index (κ2) is 5.20. The summed E-state index contributed by atoms with van der Waals surface area (Å²) >= 11 is 0. The molecule has 104 valence electrons. The minimum atomic E-state index is -0.453. The normalized spacial score (nSPS) is 10.5. The lowest BCUT2D eigenvalue weighted by molar-refractivity contribution is -0.131. The Labute approximate surface area is 119 Å². The molecule has 5 heteroatoms. The summed E-state index contributed by atoms with van der Waals surface area (Å²) in [7, 11) is 0. The maximum Gasteiger partial charge on any atom is 0.308 e. The minimum Gasteiger partial charge on any atom is -0.437 e. The lowest BCUT2D eigenvalue weighted by Crippen LogP contribution is -2.08.